The van der Waals surface area contributed by atoms with Gasteiger partial charge in [-0.25, -0.2) is 0 Å². The molecule has 1 heterocycles. The van der Waals surface area contributed by atoms with Crippen molar-refractivity contribution in [2.24, 2.45) is 0 Å². The summed E-state index contributed by atoms with van der Waals surface area (Å²) >= 11 is 0. The molecule has 1 aromatic carbocycles. The third kappa shape index (κ3) is 4.19. The van der Waals surface area contributed by atoms with Crippen LogP contribution in [0.3, 0.4) is 0 Å². The zero-order valence-electron chi connectivity index (χ0n) is 12.0. The van der Waals surface area contributed by atoms with E-state index in [9.17, 15) is 9.59 Å². The number of carbonyl (C=O) groups is 2. The molecule has 21 heavy (non-hydrogen) atoms. The summed E-state index contributed by atoms with van der Waals surface area (Å²) in [7, 11) is 1.48. The van der Waals surface area contributed by atoms with Gasteiger partial charge >= 0.3 is 0 Å². The second-order valence-corrected chi connectivity index (χ2v) is 4.74. The largest absolute Gasteiger partial charge is 0.493 e. The lowest BCUT2D eigenvalue weighted by Gasteiger charge is -2.23. The maximum Gasteiger partial charge on any atom is 0.258 e. The Balaban J connectivity index is 1.92. The number of nitrogens with one attached hydrogen (secondary N) is 1. The van der Waals surface area contributed by atoms with E-state index in [2.05, 4.69) is 5.32 Å². The molecule has 0 saturated carbocycles. The summed E-state index contributed by atoms with van der Waals surface area (Å²) in [5.41, 5.74) is 0.355. The van der Waals surface area contributed by atoms with Crippen molar-refractivity contribution in [3.63, 3.8) is 0 Å². The normalized spacial score (nSPS) is 15.3. The number of benzene rings is 1. The van der Waals surface area contributed by atoms with Crippen molar-refractivity contribution in [2.75, 3.05) is 26.9 Å². The number of amides is 1. The summed E-state index contributed by atoms with van der Waals surface area (Å²) in [5, 5.41) is 2.89. The highest BCUT2D eigenvalue weighted by molar-refractivity contribution is 5.82. The van der Waals surface area contributed by atoms with E-state index >= 15 is 0 Å². The van der Waals surface area contributed by atoms with Crippen LogP contribution < -0.4 is 14.8 Å². The fraction of sp³-hybridized carbons (Fsp3) is 0.467. The van der Waals surface area contributed by atoms with E-state index < -0.39 is 0 Å². The highest BCUT2D eigenvalue weighted by Crippen LogP contribution is 2.29. The molecule has 1 amide bonds. The molecule has 0 atom stereocenters. The molecule has 0 bridgehead atoms. The summed E-state index contributed by atoms with van der Waals surface area (Å²) in [6.07, 6.45) is 2.29. The third-order valence-corrected chi connectivity index (χ3v) is 3.29. The van der Waals surface area contributed by atoms with Gasteiger partial charge in [0.15, 0.2) is 24.4 Å². The van der Waals surface area contributed by atoms with E-state index in [0.717, 1.165) is 12.8 Å². The van der Waals surface area contributed by atoms with Gasteiger partial charge < -0.3 is 19.5 Å². The van der Waals surface area contributed by atoms with Crippen molar-refractivity contribution in [2.45, 2.75) is 18.9 Å². The van der Waals surface area contributed by atoms with Gasteiger partial charge in [0.2, 0.25) is 0 Å². The highest BCUT2D eigenvalue weighted by Gasteiger charge is 2.17. The topological polar surface area (TPSA) is 73.9 Å². The Labute approximate surface area is 123 Å². The van der Waals surface area contributed by atoms with Crippen LogP contribution in [-0.4, -0.2) is 45.2 Å². The van der Waals surface area contributed by atoms with Gasteiger partial charge in [0.1, 0.15) is 0 Å². The zero-order chi connectivity index (χ0) is 15.1. The monoisotopic (exact) mass is 293 g/mol. The van der Waals surface area contributed by atoms with Gasteiger partial charge in [-0.15, -0.1) is 0 Å². The summed E-state index contributed by atoms with van der Waals surface area (Å²) in [6, 6.07) is 5.11. The van der Waals surface area contributed by atoms with Crippen molar-refractivity contribution in [1.29, 1.82) is 0 Å². The molecule has 1 aliphatic heterocycles. The predicted molar refractivity (Wildman–Crippen MR) is 75.9 cm³/mol. The molecule has 0 radical (unpaired) electrons. The van der Waals surface area contributed by atoms with Crippen LogP contribution >= 0.6 is 0 Å². The van der Waals surface area contributed by atoms with Crippen LogP contribution in [0.25, 0.3) is 0 Å². The Morgan fingerprint density at radius 2 is 2.19 bits per heavy atom. The van der Waals surface area contributed by atoms with Gasteiger partial charge in [-0.2, -0.15) is 0 Å². The Morgan fingerprint density at radius 3 is 2.86 bits per heavy atom. The van der Waals surface area contributed by atoms with Crippen molar-refractivity contribution in [1.82, 2.24) is 5.32 Å². The molecule has 1 aliphatic rings. The number of ether oxygens (including phenoxy) is 3. The molecule has 0 aliphatic carbocycles. The fourth-order valence-electron chi connectivity index (χ4n) is 2.19. The highest BCUT2D eigenvalue weighted by atomic mass is 16.5. The number of hydrogen-bond acceptors (Lipinski definition) is 5. The molecule has 114 valence electrons. The summed E-state index contributed by atoms with van der Waals surface area (Å²) in [4.78, 5) is 22.9. The molecular formula is C15H19NO5. The minimum Gasteiger partial charge on any atom is -0.493 e. The molecule has 0 aromatic heterocycles. The standard InChI is InChI=1S/C15H19NO5/c1-19-13-4-2-3-11(9-17)15(13)21-10-14(18)16-12-5-7-20-8-6-12/h2-4,9,12H,5-8,10H2,1H3,(H,16,18). The fourth-order valence-corrected chi connectivity index (χ4v) is 2.19. The van der Waals surface area contributed by atoms with Crippen LogP contribution in [0.5, 0.6) is 11.5 Å². The first-order valence-electron chi connectivity index (χ1n) is 6.86. The summed E-state index contributed by atoms with van der Waals surface area (Å²) in [6.45, 7) is 1.17. The molecule has 6 heteroatoms. The van der Waals surface area contributed by atoms with Gasteiger partial charge in [-0.05, 0) is 25.0 Å². The maximum absolute atomic E-state index is 11.9. The third-order valence-electron chi connectivity index (χ3n) is 3.29. The lowest BCUT2D eigenvalue weighted by atomic mass is 10.1. The van der Waals surface area contributed by atoms with Crippen LogP contribution in [0.15, 0.2) is 18.2 Å². The molecule has 1 fully saturated rings. The van der Waals surface area contributed by atoms with Crippen molar-refractivity contribution >= 4 is 12.2 Å². The average molecular weight is 293 g/mol. The average Bonchev–Trinajstić information content (AvgIpc) is 2.53. The number of hydrogen-bond donors (Lipinski definition) is 1. The molecule has 1 N–H and O–H groups in total. The quantitative estimate of drug-likeness (QED) is 0.797. The second-order valence-electron chi connectivity index (χ2n) is 4.74. The minimum absolute atomic E-state index is 0.123. The van der Waals surface area contributed by atoms with Gasteiger partial charge in [-0.3, -0.25) is 9.59 Å². The molecule has 6 nitrogen and oxygen atoms in total. The number of rotatable bonds is 6. The second kappa shape index (κ2) is 7.64. The summed E-state index contributed by atoms with van der Waals surface area (Å²) in [5.74, 6) is 0.500. The first-order chi connectivity index (χ1) is 10.2. The molecular weight excluding hydrogens is 274 g/mol. The molecule has 1 saturated heterocycles. The van der Waals surface area contributed by atoms with Gasteiger partial charge in [0, 0.05) is 19.3 Å². The SMILES string of the molecule is COc1cccc(C=O)c1OCC(=O)NC1CCOCC1. The zero-order valence-corrected chi connectivity index (χ0v) is 12.0. The summed E-state index contributed by atoms with van der Waals surface area (Å²) < 4.78 is 15.8. The predicted octanol–water partition coefficient (Wildman–Crippen LogP) is 1.18. The van der Waals surface area contributed by atoms with Crippen LogP contribution in [0.4, 0.5) is 0 Å². The van der Waals surface area contributed by atoms with E-state index in [1.165, 1.54) is 7.11 Å². The maximum atomic E-state index is 11.9. The lowest BCUT2D eigenvalue weighted by molar-refractivity contribution is -0.124. The Kier molecular flexibility index (Phi) is 5.57. The van der Waals surface area contributed by atoms with Gasteiger partial charge in [0.25, 0.3) is 5.91 Å². The molecule has 2 rings (SSSR count). The van der Waals surface area contributed by atoms with Crippen LogP contribution in [0.2, 0.25) is 0 Å². The van der Waals surface area contributed by atoms with E-state index in [1.54, 1.807) is 18.2 Å². The first kappa shape index (κ1) is 15.3. The first-order valence-corrected chi connectivity index (χ1v) is 6.86. The van der Waals surface area contributed by atoms with E-state index in [4.69, 9.17) is 14.2 Å². The van der Waals surface area contributed by atoms with E-state index in [-0.39, 0.29) is 24.3 Å². The van der Waals surface area contributed by atoms with Gasteiger partial charge in [0.05, 0.1) is 12.7 Å². The van der Waals surface area contributed by atoms with Crippen LogP contribution in [0.1, 0.15) is 23.2 Å². The van der Waals surface area contributed by atoms with Crippen molar-refractivity contribution in [3.8, 4) is 11.5 Å². The Hall–Kier alpha value is -2.08. The van der Waals surface area contributed by atoms with E-state index in [1.807, 2.05) is 0 Å². The van der Waals surface area contributed by atoms with Crippen LogP contribution in [-0.2, 0) is 9.53 Å². The number of aldehydes is 1. The van der Waals surface area contributed by atoms with E-state index in [0.29, 0.717) is 30.8 Å². The molecule has 1 aromatic rings. The number of methoxy groups -OCH3 is 1. The molecule has 0 spiro atoms. The Morgan fingerprint density at radius 1 is 1.43 bits per heavy atom. The number of para-hydroxylation sites is 1. The van der Waals surface area contributed by atoms with Crippen molar-refractivity contribution < 1.29 is 23.8 Å². The Bertz CT molecular complexity index is 497. The van der Waals surface area contributed by atoms with Gasteiger partial charge in [-0.1, -0.05) is 6.07 Å². The minimum atomic E-state index is -0.218. The van der Waals surface area contributed by atoms with Crippen molar-refractivity contribution in [3.05, 3.63) is 23.8 Å². The molecule has 0 unspecified atom stereocenters. The lowest BCUT2D eigenvalue weighted by Crippen LogP contribution is -2.41. The van der Waals surface area contributed by atoms with Crippen LogP contribution in [0, 0.1) is 0 Å². The number of carbonyl (C=O) groups excluding carboxylic acids is 2. The smallest absolute Gasteiger partial charge is 0.258 e.